The first kappa shape index (κ1) is 70.8. The third kappa shape index (κ3) is 24.4. The van der Waals surface area contributed by atoms with Gasteiger partial charge in [-0.25, -0.2) is 4.79 Å². The maximum Gasteiger partial charge on any atom is 0.326 e. The number of benzene rings is 3. The standard InChI is InChI=1S/C60H86N10O15/c1-10-35(8)50(70-51(75)36(9)61)59(83)67-44(29-39-21-23-40(72)24-22-39)55(79)68-47(31-71)58(82)65-43(27-37-17-13-11-14-18-37)54(78)63-41(25-32(2)3)52(76)62-42(26-33(4)5)53(77)66-46(30-48(73)74)56(80)64-45(28-38-19-15-12-16-20-38)57(81)69-49(34(6)7)60(84)85/h11-24,32-36,41-47,49-50,71-72H,10,25-31,61H2,1-9H3,(H,62,76)(H,63,78)(H,64,80)(H,65,82)(H,66,77)(H,67,83)(H,68,79)(H,69,81)(H,70,75)(H,73,74)(H,84,85)/t35-,36-,41-,42-,43-,44-,45-,46-,47-,49-,50-/m0/s1. The average molecular weight is 1190 g/mol. The number of rotatable bonds is 35. The molecule has 0 fully saturated rings. The summed E-state index contributed by atoms with van der Waals surface area (Å²) in [7, 11) is 0. The fraction of sp³-hybridized carbons (Fsp3) is 0.517. The Kier molecular flexibility index (Phi) is 29.1. The Bertz CT molecular complexity index is 2730. The first-order chi connectivity index (χ1) is 40.0. The Morgan fingerprint density at radius 2 is 0.765 bits per heavy atom. The van der Waals surface area contributed by atoms with Gasteiger partial charge in [-0.15, -0.1) is 0 Å². The number of carboxylic acids is 2. The van der Waals surface area contributed by atoms with E-state index in [0.717, 1.165) is 0 Å². The molecule has 0 bridgehead atoms. The lowest BCUT2D eigenvalue weighted by Gasteiger charge is -2.29. The molecule has 85 heavy (non-hydrogen) atoms. The van der Waals surface area contributed by atoms with Crippen molar-refractivity contribution >= 4 is 65.1 Å². The quantitative estimate of drug-likeness (QED) is 0.0381. The number of nitrogens with two attached hydrogens (primary N) is 1. The largest absolute Gasteiger partial charge is 0.508 e. The predicted octanol–water partition coefficient (Wildman–Crippen LogP) is 0.476. The molecule has 0 aliphatic rings. The zero-order valence-electron chi connectivity index (χ0n) is 49.7. The summed E-state index contributed by atoms with van der Waals surface area (Å²) >= 11 is 0. The van der Waals surface area contributed by atoms with Gasteiger partial charge in [-0.1, -0.05) is 135 Å². The lowest BCUT2D eigenvalue weighted by Crippen LogP contribution is -2.62. The van der Waals surface area contributed by atoms with E-state index in [2.05, 4.69) is 47.9 Å². The van der Waals surface area contributed by atoms with Crippen molar-refractivity contribution in [2.24, 2.45) is 29.4 Å². The molecule has 466 valence electrons. The van der Waals surface area contributed by atoms with E-state index in [0.29, 0.717) is 23.1 Å². The summed E-state index contributed by atoms with van der Waals surface area (Å²) in [6.45, 7) is 14.1. The monoisotopic (exact) mass is 1190 g/mol. The molecule has 3 aromatic rings. The van der Waals surface area contributed by atoms with Gasteiger partial charge in [0.1, 0.15) is 60.1 Å². The van der Waals surface area contributed by atoms with Gasteiger partial charge in [-0.3, -0.25) is 47.9 Å². The lowest BCUT2D eigenvalue weighted by molar-refractivity contribution is -0.144. The molecule has 3 aromatic carbocycles. The van der Waals surface area contributed by atoms with Gasteiger partial charge in [0.15, 0.2) is 0 Å². The van der Waals surface area contributed by atoms with Gasteiger partial charge in [-0.05, 0) is 72.3 Å². The first-order valence-corrected chi connectivity index (χ1v) is 28.4. The number of hydrogen-bond donors (Lipinski definition) is 14. The summed E-state index contributed by atoms with van der Waals surface area (Å²) in [5.41, 5.74) is 7.34. The number of nitrogens with one attached hydrogen (secondary N) is 9. The number of phenolic OH excluding ortho intramolecular Hbond substituents is 1. The average Bonchev–Trinajstić information content (AvgIpc) is 3.64. The van der Waals surface area contributed by atoms with Crippen LogP contribution in [0.5, 0.6) is 5.75 Å². The molecule has 3 rings (SSSR count). The molecule has 11 atom stereocenters. The van der Waals surface area contributed by atoms with Crippen molar-refractivity contribution in [1.29, 1.82) is 0 Å². The van der Waals surface area contributed by atoms with Crippen LogP contribution in [-0.4, -0.2) is 153 Å². The molecule has 15 N–H and O–H groups in total. The van der Waals surface area contributed by atoms with Crippen molar-refractivity contribution in [3.05, 3.63) is 102 Å². The third-order valence-corrected chi connectivity index (χ3v) is 13.8. The molecular formula is C60H86N10O15. The van der Waals surface area contributed by atoms with Crippen LogP contribution in [-0.2, 0) is 72.0 Å². The predicted molar refractivity (Wildman–Crippen MR) is 313 cm³/mol. The molecule has 0 unspecified atom stereocenters. The second-order valence-electron chi connectivity index (χ2n) is 22.4. The normalized spacial score (nSPS) is 15.1. The zero-order chi connectivity index (χ0) is 63.7. The Labute approximate surface area is 495 Å². The van der Waals surface area contributed by atoms with Crippen LogP contribution >= 0.6 is 0 Å². The Morgan fingerprint density at radius 3 is 1.14 bits per heavy atom. The van der Waals surface area contributed by atoms with Crippen LogP contribution in [0.3, 0.4) is 0 Å². The number of amides is 9. The number of phenols is 1. The lowest BCUT2D eigenvalue weighted by atomic mass is 9.96. The maximum atomic E-state index is 14.5. The van der Waals surface area contributed by atoms with Gasteiger partial charge in [-0.2, -0.15) is 0 Å². The smallest absolute Gasteiger partial charge is 0.326 e. The summed E-state index contributed by atoms with van der Waals surface area (Å²) in [4.78, 5) is 150. The highest BCUT2D eigenvalue weighted by atomic mass is 16.4. The van der Waals surface area contributed by atoms with E-state index in [-0.39, 0.29) is 49.7 Å². The molecule has 0 aromatic heterocycles. The molecule has 0 saturated carbocycles. The SMILES string of the molecule is CC[C@H](C)[C@H](NC(=O)[C@H](C)N)C(=O)N[C@@H](Cc1ccc(O)cc1)C(=O)N[C@@H](CO)C(=O)N[C@@H](Cc1ccccc1)C(=O)N[C@@H](CC(C)C)C(=O)N[C@@H](CC(C)C)C(=O)N[C@@H](CC(=O)O)C(=O)N[C@@H](Cc1ccccc1)C(=O)N[C@H](C(=O)O)C(C)C. The fourth-order valence-corrected chi connectivity index (χ4v) is 8.83. The minimum atomic E-state index is -1.82. The van der Waals surface area contributed by atoms with Gasteiger partial charge in [0, 0.05) is 19.3 Å². The fourth-order valence-electron chi connectivity index (χ4n) is 8.83. The highest BCUT2D eigenvalue weighted by molar-refractivity contribution is 5.99. The van der Waals surface area contributed by atoms with E-state index < -0.39 is 150 Å². The van der Waals surface area contributed by atoms with Crippen molar-refractivity contribution in [3.63, 3.8) is 0 Å². The molecule has 25 heteroatoms. The minimum absolute atomic E-state index is 0.0235. The number of aliphatic hydroxyl groups excluding tert-OH is 1. The highest BCUT2D eigenvalue weighted by Gasteiger charge is 2.37. The van der Waals surface area contributed by atoms with Crippen LogP contribution in [0.1, 0.15) is 105 Å². The summed E-state index contributed by atoms with van der Waals surface area (Å²) < 4.78 is 0. The summed E-state index contributed by atoms with van der Waals surface area (Å²) in [6.07, 6.45) is -1.13. The first-order valence-electron chi connectivity index (χ1n) is 28.4. The molecule has 0 spiro atoms. The molecule has 0 heterocycles. The van der Waals surface area contributed by atoms with Crippen LogP contribution in [0, 0.1) is 23.7 Å². The van der Waals surface area contributed by atoms with E-state index in [4.69, 9.17) is 5.73 Å². The van der Waals surface area contributed by atoms with Crippen LogP contribution in [0.25, 0.3) is 0 Å². The van der Waals surface area contributed by atoms with E-state index in [9.17, 15) is 73.2 Å². The van der Waals surface area contributed by atoms with Crippen LogP contribution in [0.2, 0.25) is 0 Å². The molecule has 0 saturated heterocycles. The van der Waals surface area contributed by atoms with Crippen molar-refractivity contribution in [2.75, 3.05) is 6.61 Å². The molecule has 0 aliphatic carbocycles. The van der Waals surface area contributed by atoms with Crippen LogP contribution < -0.4 is 53.6 Å². The number of aliphatic carboxylic acids is 2. The second-order valence-corrected chi connectivity index (χ2v) is 22.4. The Balaban J connectivity index is 1.94. The topological polar surface area (TPSA) is 403 Å². The van der Waals surface area contributed by atoms with E-state index in [1.807, 2.05) is 0 Å². The maximum absolute atomic E-state index is 14.5. The van der Waals surface area contributed by atoms with Gasteiger partial charge >= 0.3 is 11.9 Å². The van der Waals surface area contributed by atoms with Crippen molar-refractivity contribution in [1.82, 2.24) is 47.9 Å². The van der Waals surface area contributed by atoms with Gasteiger partial charge in [0.25, 0.3) is 0 Å². The zero-order valence-corrected chi connectivity index (χ0v) is 49.7. The summed E-state index contributed by atoms with van der Waals surface area (Å²) in [5, 5.41) is 63.2. The minimum Gasteiger partial charge on any atom is -0.508 e. The van der Waals surface area contributed by atoms with E-state index in [1.165, 1.54) is 31.2 Å². The number of carbonyl (C=O) groups is 11. The van der Waals surface area contributed by atoms with Crippen molar-refractivity contribution in [2.45, 2.75) is 168 Å². The Hall–Kier alpha value is -8.45. The second kappa shape index (κ2) is 35.0. The summed E-state index contributed by atoms with van der Waals surface area (Å²) in [5.74, 6) is -12.6. The van der Waals surface area contributed by atoms with Crippen molar-refractivity contribution in [3.8, 4) is 5.75 Å². The number of hydrogen-bond acceptors (Lipinski definition) is 14. The third-order valence-electron chi connectivity index (χ3n) is 13.8. The molecule has 0 aliphatic heterocycles. The van der Waals surface area contributed by atoms with Crippen molar-refractivity contribution < 1.29 is 73.2 Å². The molecule has 0 radical (unpaired) electrons. The van der Waals surface area contributed by atoms with Crippen LogP contribution in [0.15, 0.2) is 84.9 Å². The highest BCUT2D eigenvalue weighted by Crippen LogP contribution is 2.16. The van der Waals surface area contributed by atoms with Gasteiger partial charge < -0.3 is 74.0 Å². The molecule has 25 nitrogen and oxygen atoms in total. The number of carboxylic acid groups (broad SMARTS) is 2. The van der Waals surface area contributed by atoms with E-state index >= 15 is 0 Å². The summed E-state index contributed by atoms with van der Waals surface area (Å²) in [6, 6.07) is 8.34. The molecule has 9 amide bonds. The van der Waals surface area contributed by atoms with Gasteiger partial charge in [0.2, 0.25) is 53.2 Å². The number of aliphatic hydroxyl groups is 1. The number of carbonyl (C=O) groups excluding carboxylic acids is 9. The number of aromatic hydroxyl groups is 1. The van der Waals surface area contributed by atoms with Crippen LogP contribution in [0.4, 0.5) is 0 Å². The van der Waals surface area contributed by atoms with Gasteiger partial charge in [0.05, 0.1) is 19.1 Å². The molecular weight excluding hydrogens is 1100 g/mol. The van der Waals surface area contributed by atoms with E-state index in [1.54, 1.807) is 116 Å². The Morgan fingerprint density at radius 1 is 0.424 bits per heavy atom.